The van der Waals surface area contributed by atoms with E-state index in [1.165, 1.54) is 50.5 Å². The molecule has 0 bridgehead atoms. The molecule has 0 aromatic heterocycles. The molecule has 3 nitrogen and oxygen atoms in total. The minimum atomic E-state index is -0.627. The van der Waals surface area contributed by atoms with Crippen molar-refractivity contribution in [3.8, 4) is 11.8 Å². The number of ether oxygens (including phenoxy) is 1. The van der Waals surface area contributed by atoms with E-state index in [2.05, 4.69) is 51.1 Å². The zero-order valence-electron chi connectivity index (χ0n) is 23.5. The Kier molecular flexibility index (Phi) is 11.7. The molecular weight excluding hydrogens is 454 g/mol. The molecule has 0 amide bonds. The summed E-state index contributed by atoms with van der Waals surface area (Å²) >= 11 is 0. The van der Waals surface area contributed by atoms with Crippen molar-refractivity contribution < 1.29 is 9.53 Å². The zero-order chi connectivity index (χ0) is 26.5. The summed E-state index contributed by atoms with van der Waals surface area (Å²) in [5.74, 6) is 0.735. The van der Waals surface area contributed by atoms with E-state index in [0.717, 1.165) is 62.5 Å². The smallest absolute Gasteiger partial charge is 0.321 e. The highest BCUT2D eigenvalue weighted by Gasteiger charge is 2.43. The summed E-state index contributed by atoms with van der Waals surface area (Å²) in [5.41, 5.74) is 3.35. The lowest BCUT2D eigenvalue weighted by molar-refractivity contribution is -0.142. The molecule has 0 spiro atoms. The topological polar surface area (TPSA) is 50.1 Å². The minimum absolute atomic E-state index is 0.210. The van der Waals surface area contributed by atoms with Gasteiger partial charge in [-0.05, 0) is 66.8 Å². The normalized spacial score (nSPS) is 15.6. The molecule has 1 unspecified atom stereocenters. The molecule has 0 radical (unpaired) electrons. The second-order valence-electron chi connectivity index (χ2n) is 11.3. The largest absolute Gasteiger partial charge is 0.424 e. The van der Waals surface area contributed by atoms with Gasteiger partial charge in [-0.2, -0.15) is 5.26 Å². The number of nitrogens with zero attached hydrogens (tertiary/aromatic N) is 1. The van der Waals surface area contributed by atoms with Gasteiger partial charge in [-0.15, -0.1) is 0 Å². The second kappa shape index (κ2) is 15.0. The van der Waals surface area contributed by atoms with Crippen LogP contribution in [0.1, 0.15) is 126 Å². The second-order valence-corrected chi connectivity index (χ2v) is 11.3. The Hall–Kier alpha value is -2.60. The zero-order valence-corrected chi connectivity index (χ0v) is 23.5. The van der Waals surface area contributed by atoms with Crippen LogP contribution in [0.4, 0.5) is 0 Å². The van der Waals surface area contributed by atoms with Crippen LogP contribution in [0.25, 0.3) is 0 Å². The van der Waals surface area contributed by atoms with E-state index in [4.69, 9.17) is 4.74 Å². The molecule has 1 aliphatic carbocycles. The lowest BCUT2D eigenvalue weighted by Crippen LogP contribution is -2.41. The van der Waals surface area contributed by atoms with Crippen LogP contribution in [0.2, 0.25) is 0 Å². The summed E-state index contributed by atoms with van der Waals surface area (Å²) in [4.78, 5) is 13.7. The lowest BCUT2D eigenvalue weighted by atomic mass is 9.69. The van der Waals surface area contributed by atoms with Crippen molar-refractivity contribution in [3.63, 3.8) is 0 Å². The standard InChI is InChI=1S/C34H47NO2/c1-4-6-7-8-9-10-12-15-28-16-19-31(20-17-28)34(22-13-11-14-23-34)33(36)37-32-21-18-29(24-27(3)5-2)25-30(32)26-35/h16-21,25,27H,4-15,22-24H2,1-3H3. The Labute approximate surface area is 225 Å². The summed E-state index contributed by atoms with van der Waals surface area (Å²) < 4.78 is 6.01. The maximum absolute atomic E-state index is 13.7. The van der Waals surface area contributed by atoms with Crippen molar-refractivity contribution in [2.24, 2.45) is 5.92 Å². The molecule has 1 saturated carbocycles. The molecule has 3 heteroatoms. The fourth-order valence-electron chi connectivity index (χ4n) is 5.67. The Morgan fingerprint density at radius 1 is 0.919 bits per heavy atom. The van der Waals surface area contributed by atoms with Crippen LogP contribution in [-0.2, 0) is 23.1 Å². The molecule has 2 aromatic carbocycles. The van der Waals surface area contributed by atoms with E-state index < -0.39 is 5.41 Å². The quantitative estimate of drug-likeness (QED) is 0.147. The third kappa shape index (κ3) is 8.19. The predicted octanol–water partition coefficient (Wildman–Crippen LogP) is 9.25. The summed E-state index contributed by atoms with van der Waals surface area (Å²) in [7, 11) is 0. The lowest BCUT2D eigenvalue weighted by Gasteiger charge is -2.35. The van der Waals surface area contributed by atoms with Crippen LogP contribution in [-0.4, -0.2) is 5.97 Å². The number of nitriles is 1. The van der Waals surface area contributed by atoms with Crippen molar-refractivity contribution in [3.05, 3.63) is 64.7 Å². The van der Waals surface area contributed by atoms with Crippen molar-refractivity contribution >= 4 is 5.97 Å². The van der Waals surface area contributed by atoms with E-state index in [1.54, 1.807) is 0 Å². The number of benzene rings is 2. The molecule has 0 saturated heterocycles. The van der Waals surface area contributed by atoms with Gasteiger partial charge in [0.1, 0.15) is 11.8 Å². The fourth-order valence-corrected chi connectivity index (χ4v) is 5.67. The average molecular weight is 502 g/mol. The summed E-state index contributed by atoms with van der Waals surface area (Å²) in [6.07, 6.45) is 17.1. The molecule has 0 heterocycles. The van der Waals surface area contributed by atoms with E-state index in [9.17, 15) is 10.1 Å². The van der Waals surface area contributed by atoms with Crippen LogP contribution in [0.3, 0.4) is 0 Å². The Morgan fingerprint density at radius 2 is 1.57 bits per heavy atom. The monoisotopic (exact) mass is 501 g/mol. The molecule has 1 atom stereocenters. The minimum Gasteiger partial charge on any atom is -0.424 e. The predicted molar refractivity (Wildman–Crippen MR) is 153 cm³/mol. The van der Waals surface area contributed by atoms with Crippen molar-refractivity contribution in [1.29, 1.82) is 5.26 Å². The average Bonchev–Trinajstić information content (AvgIpc) is 2.93. The van der Waals surface area contributed by atoms with Crippen LogP contribution < -0.4 is 4.74 Å². The van der Waals surface area contributed by atoms with Gasteiger partial charge >= 0.3 is 5.97 Å². The first-order valence-electron chi connectivity index (χ1n) is 14.9. The summed E-state index contributed by atoms with van der Waals surface area (Å²) in [6.45, 7) is 6.65. The van der Waals surface area contributed by atoms with Gasteiger partial charge in [-0.25, -0.2) is 0 Å². The van der Waals surface area contributed by atoms with Gasteiger partial charge in [0.05, 0.1) is 11.0 Å². The number of carbonyl (C=O) groups excluding carboxylic acids is 1. The van der Waals surface area contributed by atoms with Crippen LogP contribution in [0, 0.1) is 17.2 Å². The first-order chi connectivity index (χ1) is 18.0. The molecule has 200 valence electrons. The molecule has 1 aliphatic rings. The van der Waals surface area contributed by atoms with Gasteiger partial charge in [-0.3, -0.25) is 4.79 Å². The highest BCUT2D eigenvalue weighted by atomic mass is 16.5. The van der Waals surface area contributed by atoms with Gasteiger partial charge in [0.15, 0.2) is 0 Å². The first-order valence-corrected chi connectivity index (χ1v) is 14.9. The van der Waals surface area contributed by atoms with E-state index in [1.807, 2.05) is 18.2 Å². The molecule has 0 N–H and O–H groups in total. The number of unbranched alkanes of at least 4 members (excludes halogenated alkanes) is 6. The fraction of sp³-hybridized carbons (Fsp3) is 0.588. The number of aryl methyl sites for hydroxylation is 1. The van der Waals surface area contributed by atoms with Gasteiger partial charge in [0.25, 0.3) is 0 Å². The Balaban J connectivity index is 1.68. The Morgan fingerprint density at radius 3 is 2.22 bits per heavy atom. The van der Waals surface area contributed by atoms with Gasteiger partial charge in [0, 0.05) is 0 Å². The molecule has 1 fully saturated rings. The van der Waals surface area contributed by atoms with E-state index in [0.29, 0.717) is 17.2 Å². The summed E-state index contributed by atoms with van der Waals surface area (Å²) in [6, 6.07) is 16.7. The van der Waals surface area contributed by atoms with Gasteiger partial charge in [-0.1, -0.05) is 115 Å². The molecule has 37 heavy (non-hydrogen) atoms. The number of carbonyl (C=O) groups is 1. The molecule has 3 rings (SSSR count). The molecule has 2 aromatic rings. The third-order valence-corrected chi connectivity index (χ3v) is 8.32. The number of rotatable bonds is 14. The van der Waals surface area contributed by atoms with Crippen molar-refractivity contribution in [2.75, 3.05) is 0 Å². The van der Waals surface area contributed by atoms with Gasteiger partial charge in [0.2, 0.25) is 0 Å². The van der Waals surface area contributed by atoms with Crippen LogP contribution >= 0.6 is 0 Å². The number of esters is 1. The molecular formula is C34H47NO2. The SMILES string of the molecule is CCCCCCCCCc1ccc(C2(C(=O)Oc3ccc(CC(C)CC)cc3C#N)CCCCC2)cc1. The third-order valence-electron chi connectivity index (χ3n) is 8.32. The van der Waals surface area contributed by atoms with Crippen LogP contribution in [0.15, 0.2) is 42.5 Å². The van der Waals surface area contributed by atoms with Crippen molar-refractivity contribution in [1.82, 2.24) is 0 Å². The Bertz CT molecular complexity index is 1010. The van der Waals surface area contributed by atoms with E-state index in [-0.39, 0.29) is 5.97 Å². The highest BCUT2D eigenvalue weighted by Crippen LogP contribution is 2.41. The first kappa shape index (κ1) is 29.0. The van der Waals surface area contributed by atoms with E-state index >= 15 is 0 Å². The highest BCUT2D eigenvalue weighted by molar-refractivity contribution is 5.85. The van der Waals surface area contributed by atoms with Crippen molar-refractivity contribution in [2.45, 2.75) is 122 Å². The maximum Gasteiger partial charge on any atom is 0.321 e. The number of hydrogen-bond acceptors (Lipinski definition) is 3. The number of hydrogen-bond donors (Lipinski definition) is 0. The molecule has 0 aliphatic heterocycles. The van der Waals surface area contributed by atoms with Crippen LogP contribution in [0.5, 0.6) is 5.75 Å². The summed E-state index contributed by atoms with van der Waals surface area (Å²) in [5, 5.41) is 9.77. The maximum atomic E-state index is 13.7. The van der Waals surface area contributed by atoms with Gasteiger partial charge < -0.3 is 4.74 Å².